The maximum Gasteiger partial charge on any atom is 0.168 e. The molecule has 0 heterocycles. The molecule has 0 aliphatic heterocycles. The molecule has 1 aromatic carbocycles. The molecular weight excluding hydrogens is 294 g/mol. The van der Waals surface area contributed by atoms with Gasteiger partial charge in [0, 0.05) is 13.5 Å². The molecule has 0 aliphatic rings. The van der Waals surface area contributed by atoms with Crippen molar-refractivity contribution in [2.45, 2.75) is 25.9 Å². The van der Waals surface area contributed by atoms with Gasteiger partial charge in [-0.3, -0.25) is 4.79 Å². The molecule has 0 fully saturated rings. The quantitative estimate of drug-likeness (QED) is 0.612. The van der Waals surface area contributed by atoms with E-state index in [1.807, 2.05) is 0 Å². The van der Waals surface area contributed by atoms with Crippen LogP contribution in [0, 0.1) is 11.6 Å². The Morgan fingerprint density at radius 3 is 2.71 bits per heavy atom. The number of carbonyl (C=O) groups excluding carboxylic acids is 1. The minimum Gasteiger partial charge on any atom is -0.382 e. The zero-order chi connectivity index (χ0) is 13.0. The van der Waals surface area contributed by atoms with Crippen molar-refractivity contribution in [1.29, 1.82) is 0 Å². The van der Waals surface area contributed by atoms with Crippen LogP contribution in [0.3, 0.4) is 0 Å². The van der Waals surface area contributed by atoms with Crippen molar-refractivity contribution in [3.63, 3.8) is 0 Å². The minimum atomic E-state index is -0.847. The summed E-state index contributed by atoms with van der Waals surface area (Å²) in [6.07, 6.45) is 0.372. The van der Waals surface area contributed by atoms with Gasteiger partial charge in [-0.1, -0.05) is 0 Å². The van der Waals surface area contributed by atoms with Gasteiger partial charge in [0.2, 0.25) is 0 Å². The number of rotatable bonds is 5. The van der Waals surface area contributed by atoms with Crippen LogP contribution in [0.15, 0.2) is 16.6 Å². The van der Waals surface area contributed by atoms with Crippen LogP contribution in [0.1, 0.15) is 30.1 Å². The molecule has 1 atom stereocenters. The van der Waals surface area contributed by atoms with E-state index in [1.165, 1.54) is 13.2 Å². The third-order valence-electron chi connectivity index (χ3n) is 2.50. The summed E-state index contributed by atoms with van der Waals surface area (Å²) in [6, 6.07) is 2.30. The largest absolute Gasteiger partial charge is 0.382 e. The fourth-order valence-corrected chi connectivity index (χ4v) is 1.69. The SMILES string of the molecule is COC(C)CCC(=O)c1c(F)ccc(Br)c1F. The maximum atomic E-state index is 13.6. The summed E-state index contributed by atoms with van der Waals surface area (Å²) in [6.45, 7) is 1.79. The van der Waals surface area contributed by atoms with Gasteiger partial charge in [0.15, 0.2) is 11.6 Å². The van der Waals surface area contributed by atoms with Gasteiger partial charge in [-0.05, 0) is 41.4 Å². The van der Waals surface area contributed by atoms with E-state index in [2.05, 4.69) is 15.9 Å². The van der Waals surface area contributed by atoms with Gasteiger partial charge < -0.3 is 4.74 Å². The number of ketones is 1. The molecule has 1 aromatic rings. The number of benzene rings is 1. The fourth-order valence-electron chi connectivity index (χ4n) is 1.36. The second-order valence-corrected chi connectivity index (χ2v) is 4.58. The molecule has 0 spiro atoms. The van der Waals surface area contributed by atoms with Crippen LogP contribution in [0.4, 0.5) is 8.78 Å². The molecule has 0 radical (unpaired) electrons. The lowest BCUT2D eigenvalue weighted by molar-refractivity contribution is 0.0871. The van der Waals surface area contributed by atoms with Crippen LogP contribution < -0.4 is 0 Å². The van der Waals surface area contributed by atoms with Crippen molar-refractivity contribution in [2.75, 3.05) is 7.11 Å². The highest BCUT2D eigenvalue weighted by atomic mass is 79.9. The van der Waals surface area contributed by atoms with Crippen molar-refractivity contribution < 1.29 is 18.3 Å². The van der Waals surface area contributed by atoms with Gasteiger partial charge in [-0.2, -0.15) is 0 Å². The van der Waals surface area contributed by atoms with Crippen LogP contribution in [-0.2, 0) is 4.74 Å². The first-order chi connectivity index (χ1) is 7.97. The smallest absolute Gasteiger partial charge is 0.168 e. The number of hydrogen-bond acceptors (Lipinski definition) is 2. The predicted octanol–water partition coefficient (Wildman–Crippen LogP) is 3.73. The molecule has 2 nitrogen and oxygen atoms in total. The number of halogens is 3. The maximum absolute atomic E-state index is 13.6. The summed E-state index contributed by atoms with van der Waals surface area (Å²) in [5.74, 6) is -2.23. The Morgan fingerprint density at radius 2 is 2.12 bits per heavy atom. The molecule has 0 aliphatic carbocycles. The van der Waals surface area contributed by atoms with E-state index in [1.54, 1.807) is 6.92 Å². The lowest BCUT2D eigenvalue weighted by Gasteiger charge is -2.09. The highest BCUT2D eigenvalue weighted by Crippen LogP contribution is 2.23. The van der Waals surface area contributed by atoms with Crippen molar-refractivity contribution in [3.05, 3.63) is 33.8 Å². The van der Waals surface area contributed by atoms with Gasteiger partial charge in [0.1, 0.15) is 5.82 Å². The van der Waals surface area contributed by atoms with Crippen LogP contribution in [0.25, 0.3) is 0 Å². The van der Waals surface area contributed by atoms with Gasteiger partial charge >= 0.3 is 0 Å². The lowest BCUT2D eigenvalue weighted by atomic mass is 10.0. The van der Waals surface area contributed by atoms with E-state index in [9.17, 15) is 13.6 Å². The topological polar surface area (TPSA) is 26.3 Å². The Balaban J connectivity index is 2.86. The number of ether oxygens (including phenoxy) is 1. The molecule has 0 N–H and O–H groups in total. The summed E-state index contributed by atoms with van der Waals surface area (Å²) in [7, 11) is 1.52. The first-order valence-electron chi connectivity index (χ1n) is 5.16. The van der Waals surface area contributed by atoms with E-state index in [0.29, 0.717) is 6.42 Å². The standard InChI is InChI=1S/C12H13BrF2O2/c1-7(17-2)3-6-10(16)11-9(14)5-4-8(13)12(11)15/h4-5,7H,3,6H2,1-2H3. The lowest BCUT2D eigenvalue weighted by Crippen LogP contribution is -2.11. The average Bonchev–Trinajstić information content (AvgIpc) is 2.31. The zero-order valence-corrected chi connectivity index (χ0v) is 11.2. The third-order valence-corrected chi connectivity index (χ3v) is 3.12. The van der Waals surface area contributed by atoms with Crippen molar-refractivity contribution in [2.24, 2.45) is 0 Å². The normalized spacial score (nSPS) is 12.5. The van der Waals surface area contributed by atoms with Crippen molar-refractivity contribution >= 4 is 21.7 Å². The average molecular weight is 307 g/mol. The predicted molar refractivity (Wildman–Crippen MR) is 64.1 cm³/mol. The molecule has 5 heteroatoms. The molecule has 1 rings (SSSR count). The number of methoxy groups -OCH3 is 1. The molecule has 1 unspecified atom stereocenters. The van der Waals surface area contributed by atoms with E-state index in [0.717, 1.165) is 6.07 Å². The van der Waals surface area contributed by atoms with Crippen molar-refractivity contribution in [3.8, 4) is 0 Å². The van der Waals surface area contributed by atoms with Gasteiger partial charge in [-0.25, -0.2) is 8.78 Å². The first-order valence-corrected chi connectivity index (χ1v) is 5.96. The Kier molecular flexibility index (Phi) is 5.21. The van der Waals surface area contributed by atoms with Gasteiger partial charge in [0.05, 0.1) is 16.1 Å². The Bertz CT molecular complexity index is 421. The van der Waals surface area contributed by atoms with E-state index < -0.39 is 23.0 Å². The number of carbonyl (C=O) groups is 1. The van der Waals surface area contributed by atoms with Crippen LogP contribution >= 0.6 is 15.9 Å². The molecular formula is C12H13BrF2O2. The Hall–Kier alpha value is -0.810. The molecule has 17 heavy (non-hydrogen) atoms. The minimum absolute atomic E-state index is 0.0549. The summed E-state index contributed by atoms with van der Waals surface area (Å²) in [5, 5.41) is 0. The zero-order valence-electron chi connectivity index (χ0n) is 9.60. The second-order valence-electron chi connectivity index (χ2n) is 3.73. The van der Waals surface area contributed by atoms with Crippen LogP contribution in [0.5, 0.6) is 0 Å². The van der Waals surface area contributed by atoms with Gasteiger partial charge in [-0.15, -0.1) is 0 Å². The summed E-state index contributed by atoms with van der Waals surface area (Å²) in [4.78, 5) is 11.7. The summed E-state index contributed by atoms with van der Waals surface area (Å²) in [5.41, 5.74) is -0.484. The summed E-state index contributed by atoms with van der Waals surface area (Å²) < 4.78 is 32.0. The first kappa shape index (κ1) is 14.3. The Morgan fingerprint density at radius 1 is 1.47 bits per heavy atom. The molecule has 0 amide bonds. The van der Waals surface area contributed by atoms with E-state index in [-0.39, 0.29) is 17.0 Å². The highest BCUT2D eigenvalue weighted by molar-refractivity contribution is 9.10. The molecule has 0 bridgehead atoms. The van der Waals surface area contributed by atoms with Crippen LogP contribution in [0.2, 0.25) is 0 Å². The van der Waals surface area contributed by atoms with Crippen LogP contribution in [-0.4, -0.2) is 19.0 Å². The number of hydrogen-bond donors (Lipinski definition) is 0. The monoisotopic (exact) mass is 306 g/mol. The summed E-state index contributed by atoms with van der Waals surface area (Å²) >= 11 is 2.92. The molecule has 0 aromatic heterocycles. The third kappa shape index (κ3) is 3.57. The Labute approximate surface area is 107 Å². The highest BCUT2D eigenvalue weighted by Gasteiger charge is 2.19. The number of Topliss-reactive ketones (excluding diaryl/α,β-unsaturated/α-hetero) is 1. The van der Waals surface area contributed by atoms with E-state index >= 15 is 0 Å². The fraction of sp³-hybridized carbons (Fsp3) is 0.417. The molecule has 0 saturated carbocycles. The second kappa shape index (κ2) is 6.21. The van der Waals surface area contributed by atoms with Gasteiger partial charge in [0.25, 0.3) is 0 Å². The molecule has 94 valence electrons. The van der Waals surface area contributed by atoms with Crippen molar-refractivity contribution in [1.82, 2.24) is 0 Å². The molecule has 0 saturated heterocycles. The van der Waals surface area contributed by atoms with E-state index in [4.69, 9.17) is 4.74 Å².